The van der Waals surface area contributed by atoms with Crippen molar-refractivity contribution in [3.8, 4) is 0 Å². The molecule has 0 aliphatic heterocycles. The van der Waals surface area contributed by atoms with Crippen LogP contribution in [0.5, 0.6) is 0 Å². The van der Waals surface area contributed by atoms with Crippen LogP contribution in [0.2, 0.25) is 0 Å². The van der Waals surface area contributed by atoms with Crippen molar-refractivity contribution in [1.29, 1.82) is 0 Å². The third-order valence-corrected chi connectivity index (χ3v) is 6.41. The largest absolute Gasteiger partial charge is 0.480 e. The zero-order chi connectivity index (χ0) is 24.2. The Kier molecular flexibility index (Phi) is 6.87. The molecule has 176 valence electrons. The molecule has 0 bridgehead atoms. The van der Waals surface area contributed by atoms with Gasteiger partial charge in [0.05, 0.1) is 10.9 Å². The van der Waals surface area contributed by atoms with E-state index in [0.29, 0.717) is 11.3 Å². The molecule has 34 heavy (non-hydrogen) atoms. The van der Waals surface area contributed by atoms with Gasteiger partial charge >= 0.3 is 11.7 Å². The summed E-state index contributed by atoms with van der Waals surface area (Å²) in [6, 6.07) is 11.6. The van der Waals surface area contributed by atoms with Crippen LogP contribution in [0.3, 0.4) is 0 Å². The normalized spacial score (nSPS) is 13.1. The average Bonchev–Trinajstić information content (AvgIpc) is 3.23. The van der Waals surface area contributed by atoms with Gasteiger partial charge in [-0.3, -0.25) is 9.59 Å². The molecule has 0 aliphatic carbocycles. The molecule has 0 saturated carbocycles. The van der Waals surface area contributed by atoms with E-state index in [1.54, 1.807) is 30.5 Å². The standard InChI is InChI=1S/C24H24N4O5S/c1-34-11-10-19(23(31)32)26-21(29)20(12-14-13-25-17-8-4-2-6-15(14)17)28-22(30)16-7-3-5-9-18(16)27-24(28)33/h2-9,13,19-20,25H,10-12H2,1H3,(H,26,29)(H,27,33)(H,31,32). The van der Waals surface area contributed by atoms with Crippen molar-refractivity contribution in [3.05, 3.63) is 81.1 Å². The monoisotopic (exact) mass is 480 g/mol. The number of nitrogens with zero attached hydrogens (tertiary/aromatic N) is 1. The third-order valence-electron chi connectivity index (χ3n) is 5.76. The molecule has 9 nitrogen and oxygen atoms in total. The van der Waals surface area contributed by atoms with Crippen molar-refractivity contribution in [2.24, 2.45) is 0 Å². The zero-order valence-electron chi connectivity index (χ0n) is 18.4. The van der Waals surface area contributed by atoms with E-state index in [9.17, 15) is 24.3 Å². The molecule has 4 aromatic rings. The first-order valence-electron chi connectivity index (χ1n) is 10.7. The molecule has 2 heterocycles. The maximum absolute atomic E-state index is 13.4. The van der Waals surface area contributed by atoms with Gasteiger partial charge in [-0.2, -0.15) is 11.8 Å². The van der Waals surface area contributed by atoms with Crippen molar-refractivity contribution in [2.75, 3.05) is 12.0 Å². The maximum Gasteiger partial charge on any atom is 0.329 e. The van der Waals surface area contributed by atoms with Gasteiger partial charge < -0.3 is 20.4 Å². The van der Waals surface area contributed by atoms with Gasteiger partial charge in [-0.15, -0.1) is 0 Å². The predicted octanol–water partition coefficient (Wildman–Crippen LogP) is 2.28. The first-order chi connectivity index (χ1) is 16.4. The molecule has 10 heteroatoms. The van der Waals surface area contributed by atoms with E-state index in [-0.39, 0.29) is 18.2 Å². The highest BCUT2D eigenvalue weighted by atomic mass is 32.2. The van der Waals surface area contributed by atoms with E-state index >= 15 is 0 Å². The Balaban J connectivity index is 1.81. The van der Waals surface area contributed by atoms with Crippen LogP contribution in [0.15, 0.2) is 64.3 Å². The van der Waals surface area contributed by atoms with Crippen molar-refractivity contribution >= 4 is 45.4 Å². The lowest BCUT2D eigenvalue weighted by atomic mass is 10.0. The lowest BCUT2D eigenvalue weighted by Crippen LogP contribution is -2.49. The summed E-state index contributed by atoms with van der Waals surface area (Å²) >= 11 is 1.46. The van der Waals surface area contributed by atoms with Crippen LogP contribution in [0.1, 0.15) is 18.0 Å². The Labute approximate surface area is 198 Å². The van der Waals surface area contributed by atoms with E-state index in [1.165, 1.54) is 11.8 Å². The average molecular weight is 481 g/mol. The number of benzene rings is 2. The lowest BCUT2D eigenvalue weighted by molar-refractivity contribution is -0.142. The van der Waals surface area contributed by atoms with Crippen LogP contribution in [-0.2, 0) is 16.0 Å². The summed E-state index contributed by atoms with van der Waals surface area (Å²) in [5, 5.41) is 13.2. The molecular formula is C24H24N4O5S. The van der Waals surface area contributed by atoms with E-state index in [2.05, 4.69) is 15.3 Å². The lowest BCUT2D eigenvalue weighted by Gasteiger charge is -2.22. The number of aromatic amines is 2. The second kappa shape index (κ2) is 10.0. The number of fused-ring (bicyclic) bond motifs is 2. The number of H-pyrrole nitrogens is 2. The highest BCUT2D eigenvalue weighted by molar-refractivity contribution is 7.98. The molecule has 2 aromatic carbocycles. The number of aliphatic carboxylic acids is 1. The molecule has 0 fully saturated rings. The van der Waals surface area contributed by atoms with Crippen LogP contribution in [0.4, 0.5) is 0 Å². The second-order valence-electron chi connectivity index (χ2n) is 7.91. The molecule has 4 N–H and O–H groups in total. The fourth-order valence-corrected chi connectivity index (χ4v) is 4.50. The fraction of sp³-hybridized carbons (Fsp3) is 0.250. The highest BCUT2D eigenvalue weighted by Gasteiger charge is 2.30. The molecule has 2 aromatic heterocycles. The van der Waals surface area contributed by atoms with Gasteiger partial charge in [0.25, 0.3) is 5.56 Å². The summed E-state index contributed by atoms with van der Waals surface area (Å²) in [6.07, 6.45) is 3.80. The number of aromatic nitrogens is 3. The SMILES string of the molecule is CSCCC(NC(=O)C(Cc1c[nH]c2ccccc12)n1c(=O)[nH]c2ccccc2c1=O)C(=O)O. The smallest absolute Gasteiger partial charge is 0.329 e. The molecule has 0 saturated heterocycles. The minimum absolute atomic E-state index is 0.0199. The Morgan fingerprint density at radius 1 is 1.06 bits per heavy atom. The van der Waals surface area contributed by atoms with Gasteiger partial charge in [-0.25, -0.2) is 14.2 Å². The highest BCUT2D eigenvalue weighted by Crippen LogP contribution is 2.22. The number of rotatable bonds is 9. The van der Waals surface area contributed by atoms with E-state index < -0.39 is 35.2 Å². The zero-order valence-corrected chi connectivity index (χ0v) is 19.2. The number of carboxylic acids is 1. The molecule has 1 amide bonds. The fourth-order valence-electron chi connectivity index (χ4n) is 4.03. The van der Waals surface area contributed by atoms with Crippen LogP contribution in [0.25, 0.3) is 21.8 Å². The van der Waals surface area contributed by atoms with Gasteiger partial charge in [-0.05, 0) is 42.2 Å². The minimum Gasteiger partial charge on any atom is -0.480 e. The Morgan fingerprint density at radius 3 is 2.44 bits per heavy atom. The molecule has 2 unspecified atom stereocenters. The topological polar surface area (TPSA) is 137 Å². The number of amides is 1. The first-order valence-corrected chi connectivity index (χ1v) is 12.1. The van der Waals surface area contributed by atoms with Crippen molar-refractivity contribution in [1.82, 2.24) is 19.9 Å². The summed E-state index contributed by atoms with van der Waals surface area (Å²) in [5.74, 6) is -1.35. The van der Waals surface area contributed by atoms with Crippen LogP contribution < -0.4 is 16.6 Å². The predicted molar refractivity (Wildman–Crippen MR) is 132 cm³/mol. The van der Waals surface area contributed by atoms with Crippen LogP contribution in [-0.4, -0.2) is 49.6 Å². The number of thioether (sulfide) groups is 1. The second-order valence-corrected chi connectivity index (χ2v) is 8.90. The Bertz CT molecular complexity index is 1470. The number of nitrogens with one attached hydrogen (secondary N) is 3. The number of carboxylic acid groups (broad SMARTS) is 1. The quantitative estimate of drug-likeness (QED) is 0.290. The maximum atomic E-state index is 13.4. The summed E-state index contributed by atoms with van der Waals surface area (Å²) in [4.78, 5) is 57.2. The summed E-state index contributed by atoms with van der Waals surface area (Å²) in [6.45, 7) is 0. The van der Waals surface area contributed by atoms with E-state index in [1.807, 2.05) is 30.5 Å². The Hall–Kier alpha value is -3.79. The summed E-state index contributed by atoms with van der Waals surface area (Å²) in [7, 11) is 0. The van der Waals surface area contributed by atoms with Crippen molar-refractivity contribution < 1.29 is 14.7 Å². The molecule has 0 radical (unpaired) electrons. The number of hydrogen-bond donors (Lipinski definition) is 4. The van der Waals surface area contributed by atoms with Gasteiger partial charge in [0.15, 0.2) is 0 Å². The van der Waals surface area contributed by atoms with Gasteiger partial charge in [0, 0.05) is 23.5 Å². The number of carbonyl (C=O) groups excluding carboxylic acids is 1. The minimum atomic E-state index is -1.25. The molecule has 4 rings (SSSR count). The van der Waals surface area contributed by atoms with Crippen LogP contribution in [0, 0.1) is 0 Å². The molecule has 0 spiro atoms. The first kappa shape index (κ1) is 23.4. The van der Waals surface area contributed by atoms with Crippen molar-refractivity contribution in [2.45, 2.75) is 24.9 Å². The molecule has 2 atom stereocenters. The summed E-state index contributed by atoms with van der Waals surface area (Å²) in [5.41, 5.74) is 0.587. The number of para-hydroxylation sites is 2. The third kappa shape index (κ3) is 4.62. The Morgan fingerprint density at radius 2 is 1.74 bits per heavy atom. The van der Waals surface area contributed by atoms with Gasteiger partial charge in [-0.1, -0.05) is 30.3 Å². The molecular weight excluding hydrogens is 456 g/mol. The van der Waals surface area contributed by atoms with Gasteiger partial charge in [0.2, 0.25) is 5.91 Å². The van der Waals surface area contributed by atoms with Gasteiger partial charge in [0.1, 0.15) is 12.1 Å². The number of hydrogen-bond acceptors (Lipinski definition) is 5. The molecule has 0 aliphatic rings. The van der Waals surface area contributed by atoms with E-state index in [4.69, 9.17) is 0 Å². The van der Waals surface area contributed by atoms with Crippen LogP contribution >= 0.6 is 11.8 Å². The summed E-state index contributed by atoms with van der Waals surface area (Å²) < 4.78 is 0.882. The number of carbonyl (C=O) groups is 2. The van der Waals surface area contributed by atoms with Crippen molar-refractivity contribution in [3.63, 3.8) is 0 Å². The van der Waals surface area contributed by atoms with E-state index in [0.717, 1.165) is 21.0 Å².